The Kier molecular flexibility index (Phi) is 12.6. The van der Waals surface area contributed by atoms with Gasteiger partial charge in [-0.1, -0.05) is 136 Å². The van der Waals surface area contributed by atoms with Gasteiger partial charge in [-0.25, -0.2) is 0 Å². The first-order chi connectivity index (χ1) is 30.6. The number of hydrogen-bond donors (Lipinski definition) is 0. The van der Waals surface area contributed by atoms with Crippen LogP contribution in [0.1, 0.15) is 70.1 Å². The number of furan rings is 1. The van der Waals surface area contributed by atoms with E-state index in [0.717, 1.165) is 61.2 Å². The van der Waals surface area contributed by atoms with Crippen molar-refractivity contribution in [3.63, 3.8) is 0 Å². The van der Waals surface area contributed by atoms with Crippen LogP contribution in [-0.4, -0.2) is 14.5 Å². The molecule has 0 saturated heterocycles. The zero-order chi connectivity index (χ0) is 43.7. The quantitative estimate of drug-likeness (QED) is 0.142. The van der Waals surface area contributed by atoms with Gasteiger partial charge in [0.2, 0.25) is 0 Å². The predicted molar refractivity (Wildman–Crippen MR) is 259 cm³/mol. The van der Waals surface area contributed by atoms with Crippen LogP contribution in [0, 0.1) is 23.5 Å². The Labute approximate surface area is 389 Å². The minimum absolute atomic E-state index is 0. The van der Waals surface area contributed by atoms with E-state index in [0.29, 0.717) is 0 Å². The third-order valence-electron chi connectivity index (χ3n) is 11.8. The second-order valence-corrected chi connectivity index (χ2v) is 17.2. The fourth-order valence-corrected chi connectivity index (χ4v) is 8.29. The molecular formula is C58H48IrN4O-2. The summed E-state index contributed by atoms with van der Waals surface area (Å²) in [6.07, 6.45) is 1.76. The van der Waals surface area contributed by atoms with Gasteiger partial charge in [-0.15, -0.1) is 54.1 Å². The Bertz CT molecular complexity index is 3220. The smallest absolute Gasteiger partial charge is 0.120 e. The number of benzene rings is 7. The first-order valence-corrected chi connectivity index (χ1v) is 21.6. The van der Waals surface area contributed by atoms with Gasteiger partial charge in [0.25, 0.3) is 0 Å². The summed E-state index contributed by atoms with van der Waals surface area (Å²) in [5.41, 5.74) is 15.5. The number of aromatic nitrogens is 3. The molecule has 0 bridgehead atoms. The number of hydrogen-bond acceptors (Lipinski definition) is 4. The van der Waals surface area contributed by atoms with Crippen LogP contribution in [0.2, 0.25) is 0 Å². The van der Waals surface area contributed by atoms with Gasteiger partial charge in [0, 0.05) is 37.4 Å². The maximum atomic E-state index is 9.05. The first kappa shape index (κ1) is 43.7. The van der Waals surface area contributed by atoms with Crippen molar-refractivity contribution >= 4 is 33.0 Å². The summed E-state index contributed by atoms with van der Waals surface area (Å²) in [4.78, 5) is 9.65. The summed E-state index contributed by atoms with van der Waals surface area (Å²) in [6.45, 7) is 12.9. The molecule has 0 aliphatic rings. The van der Waals surface area contributed by atoms with Crippen molar-refractivity contribution in [2.75, 3.05) is 0 Å². The topological polar surface area (TPSA) is 67.6 Å². The van der Waals surface area contributed by atoms with Crippen molar-refractivity contribution in [2.24, 2.45) is 0 Å². The predicted octanol–water partition coefficient (Wildman–Crippen LogP) is 15.3. The molecule has 0 fully saturated rings. The van der Waals surface area contributed by atoms with Crippen LogP contribution in [0.4, 0.5) is 0 Å². The van der Waals surface area contributed by atoms with E-state index in [1.165, 1.54) is 39.1 Å². The average Bonchev–Trinajstić information content (AvgIpc) is 3.91. The molecule has 0 atom stereocenters. The van der Waals surface area contributed by atoms with Crippen LogP contribution >= 0.6 is 0 Å². The molecule has 0 unspecified atom stereocenters. The van der Waals surface area contributed by atoms with E-state index in [1.54, 1.807) is 6.20 Å². The summed E-state index contributed by atoms with van der Waals surface area (Å²) >= 11 is 0. The Morgan fingerprint density at radius 3 is 1.94 bits per heavy atom. The second-order valence-electron chi connectivity index (χ2n) is 17.2. The molecule has 3 aromatic heterocycles. The third kappa shape index (κ3) is 8.46. The fourth-order valence-electron chi connectivity index (χ4n) is 8.29. The van der Waals surface area contributed by atoms with Crippen LogP contribution < -0.4 is 0 Å². The summed E-state index contributed by atoms with van der Waals surface area (Å²) < 4.78 is 8.88. The standard InChI is InChI=1S/C43H35N2O.C15H13N2.Ir/c1-27(2)36-25-32(31-23-21-30(22-24-31)29-13-6-5-7-14-29)26-37(28(3)4)41(36)45-39-19-10-9-18-38(39)44-43(45)35-17-12-16-34-33-15-8-11-20-40(33)46-42(34)35;1-15(2,11-16)13-8-9-14(17-10-13)12-6-4-3-5-7-12;/h5-16,18-28H,1-4H3;3-6,8-10H,1-2H3;/q2*-1;. The number of rotatable bonds is 8. The van der Waals surface area contributed by atoms with E-state index < -0.39 is 5.41 Å². The molecule has 7 aromatic carbocycles. The number of imidazole rings is 1. The van der Waals surface area contributed by atoms with Gasteiger partial charge < -0.3 is 14.0 Å². The second kappa shape index (κ2) is 18.4. The maximum Gasteiger partial charge on any atom is 0.120 e. The van der Waals surface area contributed by atoms with Crippen LogP contribution in [-0.2, 0) is 25.5 Å². The summed E-state index contributed by atoms with van der Waals surface area (Å²) in [7, 11) is 0. The van der Waals surface area contributed by atoms with Crippen molar-refractivity contribution in [2.45, 2.75) is 58.8 Å². The molecule has 10 rings (SSSR count). The Hall–Kier alpha value is -6.90. The molecule has 3 heterocycles. The molecule has 64 heavy (non-hydrogen) atoms. The van der Waals surface area contributed by atoms with Crippen molar-refractivity contribution in [1.29, 1.82) is 5.26 Å². The molecule has 6 heteroatoms. The van der Waals surface area contributed by atoms with Crippen molar-refractivity contribution < 1.29 is 24.5 Å². The van der Waals surface area contributed by atoms with Crippen LogP contribution in [0.25, 0.3) is 83.6 Å². The van der Waals surface area contributed by atoms with Crippen molar-refractivity contribution in [1.82, 2.24) is 14.5 Å². The molecule has 317 valence electrons. The van der Waals surface area contributed by atoms with E-state index in [1.807, 2.05) is 68.4 Å². The molecule has 0 saturated carbocycles. The number of para-hydroxylation sites is 3. The van der Waals surface area contributed by atoms with Gasteiger partial charge in [0.05, 0.1) is 33.9 Å². The summed E-state index contributed by atoms with van der Waals surface area (Å²) in [5, 5.41) is 11.2. The van der Waals surface area contributed by atoms with Crippen LogP contribution in [0.3, 0.4) is 0 Å². The van der Waals surface area contributed by atoms with Gasteiger partial charge >= 0.3 is 0 Å². The minimum Gasteiger partial charge on any atom is -0.501 e. The normalized spacial score (nSPS) is 11.4. The van der Waals surface area contributed by atoms with Crippen LogP contribution in [0.15, 0.2) is 174 Å². The molecule has 1 radical (unpaired) electrons. The fraction of sp³-hybridized carbons (Fsp3) is 0.155. The molecule has 10 aromatic rings. The first-order valence-electron chi connectivity index (χ1n) is 21.6. The van der Waals surface area contributed by atoms with Gasteiger partial charge in [-0.3, -0.25) is 4.98 Å². The van der Waals surface area contributed by atoms with Gasteiger partial charge in [-0.2, -0.15) is 5.26 Å². The maximum absolute atomic E-state index is 9.05. The van der Waals surface area contributed by atoms with E-state index in [2.05, 4.69) is 165 Å². The Balaban J connectivity index is 0.000000262. The Morgan fingerprint density at radius 2 is 1.28 bits per heavy atom. The summed E-state index contributed by atoms with van der Waals surface area (Å²) in [5.74, 6) is 1.39. The SMILES string of the molecule is CC(C)(C#N)c1ccc(-c2[c-]cccc2)nc1.CC(C)c1cc(-c2ccc(-c3ccccc3)cc2)cc(C(C)C)c1-n1c(-c2[c-]ccc3c2oc2ccccc23)nc2ccccc21.[Ir]. The van der Waals surface area contributed by atoms with Gasteiger partial charge in [-0.05, 0) is 101 Å². The zero-order valence-corrected chi connectivity index (χ0v) is 39.2. The van der Waals surface area contributed by atoms with E-state index in [4.69, 9.17) is 14.7 Å². The number of nitrogens with zero attached hydrogens (tertiary/aromatic N) is 4. The average molecular weight is 1010 g/mol. The largest absolute Gasteiger partial charge is 0.501 e. The molecule has 0 amide bonds. The minimum atomic E-state index is -0.494. The summed E-state index contributed by atoms with van der Waals surface area (Å²) in [6, 6.07) is 65.6. The monoisotopic (exact) mass is 1010 g/mol. The van der Waals surface area contributed by atoms with Crippen molar-refractivity contribution in [3.8, 4) is 56.7 Å². The van der Waals surface area contributed by atoms with E-state index in [-0.39, 0.29) is 31.9 Å². The van der Waals surface area contributed by atoms with Crippen molar-refractivity contribution in [3.05, 3.63) is 199 Å². The van der Waals surface area contributed by atoms with Crippen LogP contribution in [0.5, 0.6) is 0 Å². The Morgan fingerprint density at radius 1 is 0.641 bits per heavy atom. The number of fused-ring (bicyclic) bond motifs is 4. The zero-order valence-electron chi connectivity index (χ0n) is 36.9. The third-order valence-corrected chi connectivity index (χ3v) is 11.8. The van der Waals surface area contributed by atoms with Gasteiger partial charge in [0.15, 0.2) is 0 Å². The number of nitriles is 1. The van der Waals surface area contributed by atoms with Gasteiger partial charge in [0.1, 0.15) is 5.58 Å². The van der Waals surface area contributed by atoms with E-state index >= 15 is 0 Å². The molecule has 5 nitrogen and oxygen atoms in total. The number of pyridine rings is 1. The molecule has 0 aliphatic heterocycles. The van der Waals surface area contributed by atoms with E-state index in [9.17, 15) is 0 Å². The molecule has 0 spiro atoms. The molecule has 0 aliphatic carbocycles. The molecular weight excluding hydrogens is 961 g/mol. The molecule has 0 N–H and O–H groups in total.